The molecule has 0 spiro atoms. The smallest absolute Gasteiger partial charge is 0.132 e. The van der Waals surface area contributed by atoms with Crippen LogP contribution in [0.3, 0.4) is 0 Å². The van der Waals surface area contributed by atoms with Gasteiger partial charge in [-0.05, 0) is 12.5 Å². The van der Waals surface area contributed by atoms with Crippen molar-refractivity contribution in [3.05, 3.63) is 35.6 Å². The van der Waals surface area contributed by atoms with Crippen LogP contribution >= 0.6 is 0 Å². The average molecular weight is 181 g/mol. The normalized spacial score (nSPS) is 10.6. The van der Waals surface area contributed by atoms with E-state index in [9.17, 15) is 4.39 Å². The molecule has 13 heavy (non-hydrogen) atoms. The Hall–Kier alpha value is -1.38. The van der Waals surface area contributed by atoms with Crippen LogP contribution in [0.5, 0.6) is 0 Å². The molecular weight excluding hydrogens is 169 g/mol. The van der Waals surface area contributed by atoms with Gasteiger partial charge in [0.05, 0.1) is 6.21 Å². The van der Waals surface area contributed by atoms with Crippen LogP contribution in [-0.2, 0) is 4.84 Å². The Labute approximate surface area is 77.0 Å². The highest BCUT2D eigenvalue weighted by atomic mass is 19.1. The predicted octanol–water partition coefficient (Wildman–Crippen LogP) is 2.59. The van der Waals surface area contributed by atoms with Crippen LogP contribution in [0.1, 0.15) is 18.9 Å². The Bertz CT molecular complexity index is 286. The molecule has 0 unspecified atom stereocenters. The van der Waals surface area contributed by atoms with Crippen molar-refractivity contribution in [2.24, 2.45) is 5.16 Å². The Morgan fingerprint density at radius 1 is 1.46 bits per heavy atom. The topological polar surface area (TPSA) is 21.6 Å². The highest BCUT2D eigenvalue weighted by molar-refractivity contribution is 5.79. The van der Waals surface area contributed by atoms with Gasteiger partial charge < -0.3 is 4.84 Å². The van der Waals surface area contributed by atoms with Gasteiger partial charge in [0.2, 0.25) is 0 Å². The van der Waals surface area contributed by atoms with E-state index >= 15 is 0 Å². The van der Waals surface area contributed by atoms with Crippen molar-refractivity contribution in [1.82, 2.24) is 0 Å². The van der Waals surface area contributed by atoms with Crippen molar-refractivity contribution in [2.45, 2.75) is 13.3 Å². The number of hydrogen-bond acceptors (Lipinski definition) is 2. The average Bonchev–Trinajstić information content (AvgIpc) is 2.15. The van der Waals surface area contributed by atoms with Crippen LogP contribution in [0.25, 0.3) is 0 Å². The summed E-state index contributed by atoms with van der Waals surface area (Å²) in [5.41, 5.74) is 0.443. The van der Waals surface area contributed by atoms with Gasteiger partial charge in [0.1, 0.15) is 12.4 Å². The predicted molar refractivity (Wildman–Crippen MR) is 50.2 cm³/mol. The van der Waals surface area contributed by atoms with E-state index in [2.05, 4.69) is 5.16 Å². The molecule has 0 heterocycles. The maximum Gasteiger partial charge on any atom is 0.132 e. The summed E-state index contributed by atoms with van der Waals surface area (Å²) in [6.45, 7) is 2.55. The van der Waals surface area contributed by atoms with Crippen molar-refractivity contribution >= 4 is 6.21 Å². The SMILES string of the molecule is CCCON=Cc1ccccc1F. The van der Waals surface area contributed by atoms with E-state index < -0.39 is 0 Å². The number of benzene rings is 1. The quantitative estimate of drug-likeness (QED) is 0.397. The van der Waals surface area contributed by atoms with Gasteiger partial charge in [-0.2, -0.15) is 0 Å². The number of hydrogen-bond donors (Lipinski definition) is 0. The monoisotopic (exact) mass is 181 g/mol. The molecule has 0 N–H and O–H groups in total. The van der Waals surface area contributed by atoms with E-state index in [0.29, 0.717) is 12.2 Å². The number of rotatable bonds is 4. The molecule has 3 heteroatoms. The van der Waals surface area contributed by atoms with Crippen LogP contribution in [0.15, 0.2) is 29.4 Å². The van der Waals surface area contributed by atoms with E-state index in [1.165, 1.54) is 12.3 Å². The molecule has 0 amide bonds. The maximum absolute atomic E-state index is 13.0. The molecular formula is C10H12FNO. The zero-order chi connectivity index (χ0) is 9.52. The molecule has 0 aliphatic carbocycles. The minimum Gasteiger partial charge on any atom is -0.396 e. The fraction of sp³-hybridized carbons (Fsp3) is 0.300. The summed E-state index contributed by atoms with van der Waals surface area (Å²) in [6.07, 6.45) is 2.28. The standard InChI is InChI=1S/C10H12FNO/c1-2-7-13-12-8-9-5-3-4-6-10(9)11/h3-6,8H,2,7H2,1H3. The number of halogens is 1. The lowest BCUT2D eigenvalue weighted by molar-refractivity contribution is 0.146. The molecule has 0 atom stereocenters. The molecule has 0 bridgehead atoms. The van der Waals surface area contributed by atoms with Gasteiger partial charge in [-0.15, -0.1) is 0 Å². The van der Waals surface area contributed by atoms with Crippen molar-refractivity contribution in [3.8, 4) is 0 Å². The molecule has 0 aliphatic rings. The van der Waals surface area contributed by atoms with E-state index in [-0.39, 0.29) is 5.82 Å². The Morgan fingerprint density at radius 2 is 2.23 bits per heavy atom. The molecule has 1 aromatic carbocycles. The van der Waals surface area contributed by atoms with Crippen LogP contribution in [0.4, 0.5) is 4.39 Å². The van der Waals surface area contributed by atoms with E-state index in [1.54, 1.807) is 18.2 Å². The molecule has 1 rings (SSSR count). The van der Waals surface area contributed by atoms with E-state index in [0.717, 1.165) is 6.42 Å². The summed E-state index contributed by atoms with van der Waals surface area (Å²) in [7, 11) is 0. The first-order valence-electron chi connectivity index (χ1n) is 4.24. The Kier molecular flexibility index (Phi) is 3.96. The highest BCUT2D eigenvalue weighted by Crippen LogP contribution is 2.02. The Balaban J connectivity index is 2.53. The van der Waals surface area contributed by atoms with Gasteiger partial charge in [-0.1, -0.05) is 30.3 Å². The molecule has 0 aromatic heterocycles. The van der Waals surface area contributed by atoms with Gasteiger partial charge in [0.15, 0.2) is 0 Å². The minimum atomic E-state index is -0.286. The summed E-state index contributed by atoms with van der Waals surface area (Å²) in [6, 6.07) is 6.43. The second kappa shape index (κ2) is 5.30. The fourth-order valence-electron chi connectivity index (χ4n) is 0.818. The van der Waals surface area contributed by atoms with E-state index in [1.807, 2.05) is 6.92 Å². The van der Waals surface area contributed by atoms with Crippen molar-refractivity contribution < 1.29 is 9.23 Å². The van der Waals surface area contributed by atoms with Crippen molar-refractivity contribution in [3.63, 3.8) is 0 Å². The summed E-state index contributed by atoms with van der Waals surface area (Å²) < 4.78 is 13.0. The third kappa shape index (κ3) is 3.23. The highest BCUT2D eigenvalue weighted by Gasteiger charge is 1.95. The lowest BCUT2D eigenvalue weighted by Gasteiger charge is -1.95. The molecule has 0 saturated heterocycles. The largest absolute Gasteiger partial charge is 0.396 e. The second-order valence-corrected chi connectivity index (χ2v) is 2.59. The molecule has 0 radical (unpaired) electrons. The molecule has 0 aliphatic heterocycles. The van der Waals surface area contributed by atoms with Crippen LogP contribution in [0.2, 0.25) is 0 Å². The first kappa shape index (κ1) is 9.71. The number of oxime groups is 1. The lowest BCUT2D eigenvalue weighted by atomic mass is 10.2. The van der Waals surface area contributed by atoms with Gasteiger partial charge >= 0.3 is 0 Å². The number of nitrogens with zero attached hydrogens (tertiary/aromatic N) is 1. The van der Waals surface area contributed by atoms with Crippen LogP contribution < -0.4 is 0 Å². The van der Waals surface area contributed by atoms with Crippen molar-refractivity contribution in [1.29, 1.82) is 0 Å². The van der Waals surface area contributed by atoms with Gasteiger partial charge in [-0.3, -0.25) is 0 Å². The third-order valence-electron chi connectivity index (χ3n) is 1.47. The van der Waals surface area contributed by atoms with Gasteiger partial charge in [0.25, 0.3) is 0 Å². The van der Waals surface area contributed by atoms with E-state index in [4.69, 9.17) is 4.84 Å². The lowest BCUT2D eigenvalue weighted by Crippen LogP contribution is -1.89. The Morgan fingerprint density at radius 3 is 2.92 bits per heavy atom. The molecule has 70 valence electrons. The molecule has 0 saturated carbocycles. The summed E-state index contributed by atoms with van der Waals surface area (Å²) in [4.78, 5) is 4.84. The second-order valence-electron chi connectivity index (χ2n) is 2.59. The van der Waals surface area contributed by atoms with Crippen LogP contribution in [0, 0.1) is 5.82 Å². The molecule has 1 aromatic rings. The zero-order valence-corrected chi connectivity index (χ0v) is 7.53. The first-order valence-corrected chi connectivity index (χ1v) is 4.24. The van der Waals surface area contributed by atoms with Crippen molar-refractivity contribution in [2.75, 3.05) is 6.61 Å². The third-order valence-corrected chi connectivity index (χ3v) is 1.47. The molecule has 0 fully saturated rings. The fourth-order valence-corrected chi connectivity index (χ4v) is 0.818. The zero-order valence-electron chi connectivity index (χ0n) is 7.53. The summed E-state index contributed by atoms with van der Waals surface area (Å²) in [5, 5.41) is 3.63. The van der Waals surface area contributed by atoms with Gasteiger partial charge in [0, 0.05) is 5.56 Å². The summed E-state index contributed by atoms with van der Waals surface area (Å²) in [5.74, 6) is -0.286. The van der Waals surface area contributed by atoms with Gasteiger partial charge in [-0.25, -0.2) is 4.39 Å². The summed E-state index contributed by atoms with van der Waals surface area (Å²) >= 11 is 0. The minimum absolute atomic E-state index is 0.286. The molecule has 2 nitrogen and oxygen atoms in total. The van der Waals surface area contributed by atoms with Crippen LogP contribution in [-0.4, -0.2) is 12.8 Å². The first-order chi connectivity index (χ1) is 6.34. The maximum atomic E-state index is 13.0.